The van der Waals surface area contributed by atoms with Gasteiger partial charge in [-0.3, -0.25) is 0 Å². The van der Waals surface area contributed by atoms with Crippen molar-refractivity contribution in [2.24, 2.45) is 0 Å². The zero-order valence-electron chi connectivity index (χ0n) is 10.1. The lowest BCUT2D eigenvalue weighted by molar-refractivity contribution is 0.193. The molecular formula is C11H23N3O2. The smallest absolute Gasteiger partial charge is 0.315 e. The van der Waals surface area contributed by atoms with E-state index in [-0.39, 0.29) is 12.1 Å². The summed E-state index contributed by atoms with van der Waals surface area (Å²) in [6.07, 6.45) is 4.31. The van der Waals surface area contributed by atoms with Gasteiger partial charge < -0.3 is 20.7 Å². The molecular weight excluding hydrogens is 206 g/mol. The molecule has 16 heavy (non-hydrogen) atoms. The SMILES string of the molecule is COCCCNC(=O)NC1CCCCNC1. The summed E-state index contributed by atoms with van der Waals surface area (Å²) >= 11 is 0. The first-order valence-electron chi connectivity index (χ1n) is 6.07. The predicted molar refractivity (Wildman–Crippen MR) is 63.5 cm³/mol. The maximum absolute atomic E-state index is 11.5. The van der Waals surface area contributed by atoms with Crippen LogP contribution in [0.3, 0.4) is 0 Å². The molecule has 3 N–H and O–H groups in total. The lowest BCUT2D eigenvalue weighted by Gasteiger charge is -2.16. The first-order chi connectivity index (χ1) is 7.83. The van der Waals surface area contributed by atoms with Crippen LogP contribution in [0.1, 0.15) is 25.7 Å². The van der Waals surface area contributed by atoms with Crippen molar-refractivity contribution >= 4 is 6.03 Å². The minimum absolute atomic E-state index is 0.0650. The highest BCUT2D eigenvalue weighted by Gasteiger charge is 2.13. The van der Waals surface area contributed by atoms with Crippen LogP contribution in [0.4, 0.5) is 4.79 Å². The molecule has 5 heteroatoms. The third kappa shape index (κ3) is 5.92. The lowest BCUT2D eigenvalue weighted by Crippen LogP contribution is -2.46. The van der Waals surface area contributed by atoms with Crippen molar-refractivity contribution in [3.8, 4) is 0 Å². The van der Waals surface area contributed by atoms with Crippen molar-refractivity contribution in [1.82, 2.24) is 16.0 Å². The summed E-state index contributed by atoms with van der Waals surface area (Å²) in [7, 11) is 1.66. The predicted octanol–water partition coefficient (Wildman–Crippen LogP) is 0.464. The van der Waals surface area contributed by atoms with E-state index in [1.165, 1.54) is 12.8 Å². The second-order valence-electron chi connectivity index (χ2n) is 4.14. The van der Waals surface area contributed by atoms with E-state index in [1.54, 1.807) is 7.11 Å². The molecule has 0 aromatic heterocycles. The molecule has 1 aliphatic rings. The molecule has 0 radical (unpaired) electrons. The number of urea groups is 1. The van der Waals surface area contributed by atoms with Crippen molar-refractivity contribution in [2.75, 3.05) is 33.4 Å². The normalized spacial score (nSPS) is 21.2. The number of hydrogen-bond acceptors (Lipinski definition) is 3. The molecule has 1 heterocycles. The largest absolute Gasteiger partial charge is 0.385 e. The highest BCUT2D eigenvalue weighted by Crippen LogP contribution is 2.03. The topological polar surface area (TPSA) is 62.4 Å². The van der Waals surface area contributed by atoms with Gasteiger partial charge in [-0.1, -0.05) is 6.42 Å². The van der Waals surface area contributed by atoms with Gasteiger partial charge in [-0.05, 0) is 25.8 Å². The van der Waals surface area contributed by atoms with E-state index in [0.717, 1.165) is 25.9 Å². The van der Waals surface area contributed by atoms with Gasteiger partial charge in [-0.25, -0.2) is 4.79 Å². The molecule has 5 nitrogen and oxygen atoms in total. The summed E-state index contributed by atoms with van der Waals surface area (Å²) in [5.74, 6) is 0. The lowest BCUT2D eigenvalue weighted by atomic mass is 10.1. The minimum Gasteiger partial charge on any atom is -0.385 e. The van der Waals surface area contributed by atoms with Crippen LogP contribution in [-0.4, -0.2) is 45.4 Å². The molecule has 94 valence electrons. The van der Waals surface area contributed by atoms with Gasteiger partial charge in [0.15, 0.2) is 0 Å². The Morgan fingerprint density at radius 2 is 2.38 bits per heavy atom. The average Bonchev–Trinajstić information content (AvgIpc) is 2.53. The Bertz CT molecular complexity index is 192. The summed E-state index contributed by atoms with van der Waals surface area (Å²) in [6, 6.07) is 0.203. The molecule has 1 aliphatic heterocycles. The first-order valence-corrected chi connectivity index (χ1v) is 6.07. The summed E-state index contributed by atoms with van der Waals surface area (Å²) in [5, 5.41) is 9.13. The zero-order valence-corrected chi connectivity index (χ0v) is 10.1. The van der Waals surface area contributed by atoms with Gasteiger partial charge in [0.25, 0.3) is 0 Å². The molecule has 1 fully saturated rings. The average molecular weight is 229 g/mol. The molecule has 1 saturated heterocycles. The van der Waals surface area contributed by atoms with Crippen LogP contribution in [0.15, 0.2) is 0 Å². The summed E-state index contributed by atoms with van der Waals surface area (Å²) in [5.41, 5.74) is 0. The monoisotopic (exact) mass is 229 g/mol. The minimum atomic E-state index is -0.0650. The Kier molecular flexibility index (Phi) is 6.92. The molecule has 0 aromatic carbocycles. The van der Waals surface area contributed by atoms with Crippen molar-refractivity contribution in [3.63, 3.8) is 0 Å². The van der Waals surface area contributed by atoms with Crippen LogP contribution < -0.4 is 16.0 Å². The molecule has 0 aromatic rings. The Morgan fingerprint density at radius 3 is 3.19 bits per heavy atom. The van der Waals surface area contributed by atoms with Crippen LogP contribution in [0.25, 0.3) is 0 Å². The Morgan fingerprint density at radius 1 is 1.50 bits per heavy atom. The first kappa shape index (κ1) is 13.3. The van der Waals surface area contributed by atoms with E-state index in [1.807, 2.05) is 0 Å². The van der Waals surface area contributed by atoms with E-state index in [9.17, 15) is 4.79 Å². The van der Waals surface area contributed by atoms with Gasteiger partial charge in [-0.15, -0.1) is 0 Å². The fourth-order valence-electron chi connectivity index (χ4n) is 1.80. The van der Waals surface area contributed by atoms with Gasteiger partial charge >= 0.3 is 6.03 Å². The molecule has 0 aliphatic carbocycles. The molecule has 0 saturated carbocycles. The number of nitrogens with one attached hydrogen (secondary N) is 3. The summed E-state index contributed by atoms with van der Waals surface area (Å²) < 4.78 is 4.91. The summed E-state index contributed by atoms with van der Waals surface area (Å²) in [4.78, 5) is 11.5. The van der Waals surface area contributed by atoms with Gasteiger partial charge in [0.1, 0.15) is 0 Å². The van der Waals surface area contributed by atoms with Gasteiger partial charge in [-0.2, -0.15) is 0 Å². The number of rotatable bonds is 5. The van der Waals surface area contributed by atoms with Crippen LogP contribution in [-0.2, 0) is 4.74 Å². The fourth-order valence-corrected chi connectivity index (χ4v) is 1.80. The van der Waals surface area contributed by atoms with Crippen molar-refractivity contribution in [1.29, 1.82) is 0 Å². The molecule has 0 bridgehead atoms. The van der Waals surface area contributed by atoms with E-state index < -0.39 is 0 Å². The highest BCUT2D eigenvalue weighted by atomic mass is 16.5. The van der Waals surface area contributed by atoms with Crippen LogP contribution >= 0.6 is 0 Å². The molecule has 1 atom stereocenters. The maximum atomic E-state index is 11.5. The number of methoxy groups -OCH3 is 1. The maximum Gasteiger partial charge on any atom is 0.315 e. The van der Waals surface area contributed by atoms with Crippen LogP contribution in [0, 0.1) is 0 Å². The summed E-state index contributed by atoms with van der Waals surface area (Å²) in [6.45, 7) is 3.30. The molecule has 1 unspecified atom stereocenters. The fraction of sp³-hybridized carbons (Fsp3) is 0.909. The number of ether oxygens (including phenoxy) is 1. The van der Waals surface area contributed by atoms with Crippen molar-refractivity contribution in [2.45, 2.75) is 31.7 Å². The van der Waals surface area contributed by atoms with Crippen molar-refractivity contribution < 1.29 is 9.53 Å². The van der Waals surface area contributed by atoms with E-state index in [0.29, 0.717) is 13.2 Å². The van der Waals surface area contributed by atoms with E-state index in [2.05, 4.69) is 16.0 Å². The second-order valence-corrected chi connectivity index (χ2v) is 4.14. The Balaban J connectivity index is 2.07. The van der Waals surface area contributed by atoms with E-state index >= 15 is 0 Å². The van der Waals surface area contributed by atoms with Gasteiger partial charge in [0.2, 0.25) is 0 Å². The van der Waals surface area contributed by atoms with Gasteiger partial charge in [0.05, 0.1) is 0 Å². The van der Waals surface area contributed by atoms with Crippen molar-refractivity contribution in [3.05, 3.63) is 0 Å². The standard InChI is InChI=1S/C11H23N3O2/c1-16-8-4-7-13-11(15)14-10-5-2-3-6-12-9-10/h10,12H,2-9H2,1H3,(H2,13,14,15). The molecule has 2 amide bonds. The third-order valence-corrected chi connectivity index (χ3v) is 2.69. The molecule has 0 spiro atoms. The number of amides is 2. The quantitative estimate of drug-likeness (QED) is 0.600. The number of hydrogen-bond donors (Lipinski definition) is 3. The zero-order chi connectivity index (χ0) is 11.6. The third-order valence-electron chi connectivity index (χ3n) is 2.69. The van der Waals surface area contributed by atoms with Gasteiger partial charge in [0, 0.05) is 32.8 Å². The highest BCUT2D eigenvalue weighted by molar-refractivity contribution is 5.74. The number of carbonyl (C=O) groups excluding carboxylic acids is 1. The Labute approximate surface area is 97.3 Å². The second kappa shape index (κ2) is 8.35. The molecule has 1 rings (SSSR count). The number of carbonyl (C=O) groups is 1. The Hall–Kier alpha value is -0.810. The van der Waals surface area contributed by atoms with Crippen LogP contribution in [0.2, 0.25) is 0 Å². The van der Waals surface area contributed by atoms with Crippen LogP contribution in [0.5, 0.6) is 0 Å². The van der Waals surface area contributed by atoms with E-state index in [4.69, 9.17) is 4.74 Å².